The lowest BCUT2D eigenvalue weighted by Crippen LogP contribution is -2.52. The third-order valence-electron chi connectivity index (χ3n) is 5.50. The standard InChI is InChI=1S/C23H29N3O3/c1-17(2)14-24-12-13-25-19(15-24)16-26(23(25)27)18-4-6-21(7-5-18)29-22-10-8-20(28-3)9-11-22/h4-11,17,19H,12-16H2,1-3H3/t19-/m1/s1. The SMILES string of the molecule is COc1ccc(Oc2ccc(N3C[C@H]4CN(CC(C)C)CCN4C3=O)cc2)cc1. The molecule has 0 aromatic heterocycles. The first-order chi connectivity index (χ1) is 14.0. The number of amides is 2. The Hall–Kier alpha value is -2.73. The largest absolute Gasteiger partial charge is 0.497 e. The summed E-state index contributed by atoms with van der Waals surface area (Å²) in [5.74, 6) is 2.93. The molecule has 154 valence electrons. The van der Waals surface area contributed by atoms with E-state index in [4.69, 9.17) is 9.47 Å². The van der Waals surface area contributed by atoms with Crippen molar-refractivity contribution in [3.05, 3.63) is 48.5 Å². The van der Waals surface area contributed by atoms with Gasteiger partial charge in [-0.25, -0.2) is 4.79 Å². The first-order valence-corrected chi connectivity index (χ1v) is 10.3. The number of urea groups is 1. The second-order valence-corrected chi connectivity index (χ2v) is 8.17. The van der Waals surface area contributed by atoms with Crippen molar-refractivity contribution in [2.75, 3.05) is 44.7 Å². The van der Waals surface area contributed by atoms with Crippen LogP contribution in [-0.2, 0) is 0 Å². The van der Waals surface area contributed by atoms with E-state index in [0.29, 0.717) is 5.92 Å². The fourth-order valence-electron chi connectivity index (χ4n) is 4.14. The highest BCUT2D eigenvalue weighted by atomic mass is 16.5. The van der Waals surface area contributed by atoms with Crippen LogP contribution in [0.3, 0.4) is 0 Å². The number of fused-ring (bicyclic) bond motifs is 1. The number of hydrogen-bond donors (Lipinski definition) is 0. The van der Waals surface area contributed by atoms with Gasteiger partial charge in [-0.3, -0.25) is 9.80 Å². The molecule has 0 spiro atoms. The smallest absolute Gasteiger partial charge is 0.324 e. The van der Waals surface area contributed by atoms with Crippen molar-refractivity contribution in [2.45, 2.75) is 19.9 Å². The van der Waals surface area contributed by atoms with Gasteiger partial charge in [-0.05, 0) is 54.4 Å². The van der Waals surface area contributed by atoms with Gasteiger partial charge in [0.15, 0.2) is 0 Å². The molecule has 1 atom stereocenters. The Morgan fingerprint density at radius 3 is 2.17 bits per heavy atom. The number of carbonyl (C=O) groups excluding carboxylic acids is 1. The Bertz CT molecular complexity index is 835. The van der Waals surface area contributed by atoms with E-state index in [9.17, 15) is 4.79 Å². The Labute approximate surface area is 172 Å². The van der Waals surface area contributed by atoms with Crippen LogP contribution in [-0.4, -0.2) is 61.7 Å². The molecule has 6 heteroatoms. The lowest BCUT2D eigenvalue weighted by atomic mass is 10.1. The third kappa shape index (κ3) is 4.32. The highest BCUT2D eigenvalue weighted by Crippen LogP contribution is 2.30. The molecule has 0 radical (unpaired) electrons. The maximum absolute atomic E-state index is 12.9. The third-order valence-corrected chi connectivity index (χ3v) is 5.50. The zero-order chi connectivity index (χ0) is 20.4. The number of anilines is 1. The van der Waals surface area contributed by atoms with Crippen LogP contribution >= 0.6 is 0 Å². The highest BCUT2D eigenvalue weighted by Gasteiger charge is 2.41. The van der Waals surface area contributed by atoms with Crippen LogP contribution in [0.25, 0.3) is 0 Å². The molecule has 0 aliphatic carbocycles. The molecule has 2 fully saturated rings. The van der Waals surface area contributed by atoms with Gasteiger partial charge in [0.1, 0.15) is 17.2 Å². The summed E-state index contributed by atoms with van der Waals surface area (Å²) < 4.78 is 11.1. The van der Waals surface area contributed by atoms with Crippen LogP contribution in [0.1, 0.15) is 13.8 Å². The minimum absolute atomic E-state index is 0.114. The van der Waals surface area contributed by atoms with Gasteiger partial charge < -0.3 is 14.4 Å². The van der Waals surface area contributed by atoms with Gasteiger partial charge >= 0.3 is 6.03 Å². The first-order valence-electron chi connectivity index (χ1n) is 10.3. The quantitative estimate of drug-likeness (QED) is 0.740. The maximum Gasteiger partial charge on any atom is 0.324 e. The first kappa shape index (κ1) is 19.6. The molecule has 0 saturated carbocycles. The molecule has 29 heavy (non-hydrogen) atoms. The van der Waals surface area contributed by atoms with Crippen LogP contribution < -0.4 is 14.4 Å². The molecule has 2 saturated heterocycles. The minimum Gasteiger partial charge on any atom is -0.497 e. The van der Waals surface area contributed by atoms with Crippen molar-refractivity contribution in [1.82, 2.24) is 9.80 Å². The summed E-state index contributed by atoms with van der Waals surface area (Å²) >= 11 is 0. The Morgan fingerprint density at radius 1 is 0.931 bits per heavy atom. The summed E-state index contributed by atoms with van der Waals surface area (Å²) in [5, 5.41) is 0. The average molecular weight is 396 g/mol. The lowest BCUT2D eigenvalue weighted by molar-refractivity contribution is 0.112. The van der Waals surface area contributed by atoms with Crippen molar-refractivity contribution in [1.29, 1.82) is 0 Å². The number of piperazine rings is 1. The Kier molecular flexibility index (Phi) is 5.62. The second-order valence-electron chi connectivity index (χ2n) is 8.17. The van der Waals surface area contributed by atoms with E-state index in [1.54, 1.807) is 7.11 Å². The van der Waals surface area contributed by atoms with Gasteiger partial charge in [0.05, 0.1) is 13.2 Å². The number of hydrogen-bond acceptors (Lipinski definition) is 4. The molecule has 2 aromatic carbocycles. The van der Waals surface area contributed by atoms with Crippen molar-refractivity contribution >= 4 is 11.7 Å². The van der Waals surface area contributed by atoms with Gasteiger partial charge in [0, 0.05) is 38.4 Å². The summed E-state index contributed by atoms with van der Waals surface area (Å²) in [6.07, 6.45) is 0. The molecule has 0 unspecified atom stereocenters. The number of methoxy groups -OCH3 is 1. The van der Waals surface area contributed by atoms with E-state index in [2.05, 4.69) is 18.7 Å². The predicted octanol–water partition coefficient (Wildman–Crippen LogP) is 4.07. The molecule has 4 rings (SSSR count). The van der Waals surface area contributed by atoms with Gasteiger partial charge in [0.25, 0.3) is 0 Å². The summed E-state index contributed by atoms with van der Waals surface area (Å²) in [4.78, 5) is 19.3. The Morgan fingerprint density at radius 2 is 1.55 bits per heavy atom. The van der Waals surface area contributed by atoms with Gasteiger partial charge in [-0.2, -0.15) is 0 Å². The zero-order valence-corrected chi connectivity index (χ0v) is 17.4. The summed E-state index contributed by atoms with van der Waals surface area (Å²) in [7, 11) is 1.64. The molecular weight excluding hydrogens is 366 g/mol. The van der Waals surface area contributed by atoms with E-state index in [1.165, 1.54) is 0 Å². The number of carbonyl (C=O) groups is 1. The fraction of sp³-hybridized carbons (Fsp3) is 0.435. The maximum atomic E-state index is 12.9. The van der Waals surface area contributed by atoms with E-state index in [0.717, 1.165) is 55.7 Å². The van der Waals surface area contributed by atoms with Crippen molar-refractivity contribution in [3.63, 3.8) is 0 Å². The van der Waals surface area contributed by atoms with Crippen LogP contribution in [0.4, 0.5) is 10.5 Å². The van der Waals surface area contributed by atoms with E-state index in [-0.39, 0.29) is 12.1 Å². The molecule has 0 bridgehead atoms. The normalized spacial score (nSPS) is 19.6. The van der Waals surface area contributed by atoms with E-state index in [1.807, 2.05) is 58.3 Å². The van der Waals surface area contributed by atoms with Gasteiger partial charge in [0.2, 0.25) is 0 Å². The Balaban J connectivity index is 1.40. The molecule has 2 aliphatic heterocycles. The van der Waals surface area contributed by atoms with Crippen molar-refractivity contribution in [2.24, 2.45) is 5.92 Å². The zero-order valence-electron chi connectivity index (χ0n) is 17.4. The summed E-state index contributed by atoms with van der Waals surface area (Å²) in [6, 6.07) is 15.6. The fourth-order valence-corrected chi connectivity index (χ4v) is 4.14. The van der Waals surface area contributed by atoms with Crippen molar-refractivity contribution in [3.8, 4) is 17.2 Å². The summed E-state index contributed by atoms with van der Waals surface area (Å²) in [6.45, 7) is 9.05. The van der Waals surface area contributed by atoms with Crippen LogP contribution in [0.5, 0.6) is 17.2 Å². The molecule has 2 aromatic rings. The number of ether oxygens (including phenoxy) is 2. The lowest BCUT2D eigenvalue weighted by Gasteiger charge is -2.37. The second kappa shape index (κ2) is 8.33. The molecular formula is C23H29N3O3. The van der Waals surface area contributed by atoms with Crippen LogP contribution in [0.2, 0.25) is 0 Å². The highest BCUT2D eigenvalue weighted by molar-refractivity contribution is 5.94. The minimum atomic E-state index is 0.114. The van der Waals surface area contributed by atoms with E-state index < -0.39 is 0 Å². The monoisotopic (exact) mass is 395 g/mol. The molecule has 6 nitrogen and oxygen atoms in total. The number of benzene rings is 2. The average Bonchev–Trinajstić information content (AvgIpc) is 3.04. The number of nitrogens with zero attached hydrogens (tertiary/aromatic N) is 3. The molecule has 2 aliphatic rings. The molecule has 0 N–H and O–H groups in total. The topological polar surface area (TPSA) is 45.3 Å². The number of rotatable bonds is 6. The van der Waals surface area contributed by atoms with Crippen LogP contribution in [0.15, 0.2) is 48.5 Å². The van der Waals surface area contributed by atoms with E-state index >= 15 is 0 Å². The summed E-state index contributed by atoms with van der Waals surface area (Å²) in [5.41, 5.74) is 0.918. The molecule has 2 heterocycles. The van der Waals surface area contributed by atoms with Gasteiger partial charge in [-0.1, -0.05) is 13.8 Å². The van der Waals surface area contributed by atoms with Crippen molar-refractivity contribution < 1.29 is 14.3 Å². The predicted molar refractivity (Wildman–Crippen MR) is 114 cm³/mol. The van der Waals surface area contributed by atoms with Gasteiger partial charge in [-0.15, -0.1) is 0 Å². The van der Waals surface area contributed by atoms with Crippen LogP contribution in [0, 0.1) is 5.92 Å². The molecule has 2 amide bonds.